The van der Waals surface area contributed by atoms with E-state index in [1.807, 2.05) is 24.3 Å². The number of rotatable bonds is 3. The summed E-state index contributed by atoms with van der Waals surface area (Å²) < 4.78 is 0. The van der Waals surface area contributed by atoms with Crippen LogP contribution in [0.4, 0.5) is 5.95 Å². The summed E-state index contributed by atoms with van der Waals surface area (Å²) in [6.45, 7) is 0.582. The summed E-state index contributed by atoms with van der Waals surface area (Å²) in [7, 11) is 0. The zero-order valence-electron chi connectivity index (χ0n) is 11.4. The van der Waals surface area contributed by atoms with E-state index in [-0.39, 0.29) is 11.8 Å². The molecule has 106 valence electrons. The van der Waals surface area contributed by atoms with Crippen LogP contribution in [0.25, 0.3) is 11.0 Å². The molecule has 5 nitrogen and oxygen atoms in total. The van der Waals surface area contributed by atoms with Crippen LogP contribution < -0.4 is 11.1 Å². The van der Waals surface area contributed by atoms with E-state index in [4.69, 9.17) is 5.73 Å². The van der Waals surface area contributed by atoms with Crippen molar-refractivity contribution in [2.45, 2.75) is 25.7 Å². The Morgan fingerprint density at radius 3 is 2.95 bits per heavy atom. The van der Waals surface area contributed by atoms with E-state index in [9.17, 15) is 4.79 Å². The van der Waals surface area contributed by atoms with E-state index in [2.05, 4.69) is 15.3 Å². The predicted octanol–water partition coefficient (Wildman–Crippen LogP) is 2.27. The van der Waals surface area contributed by atoms with Gasteiger partial charge < -0.3 is 10.7 Å². The molecule has 0 spiro atoms. The molecule has 2 atom stereocenters. The highest BCUT2D eigenvalue weighted by atomic mass is 16.2. The molecule has 4 N–H and O–H groups in total. The Hall–Kier alpha value is -1.88. The SMILES string of the molecule is NCC1CCCCC1C(=O)Nc1nc2ccccc2[nH]1. The van der Waals surface area contributed by atoms with Gasteiger partial charge in [0.25, 0.3) is 0 Å². The third-order valence-corrected chi connectivity index (χ3v) is 4.18. The molecule has 1 aromatic heterocycles. The predicted molar refractivity (Wildman–Crippen MR) is 79.2 cm³/mol. The molecule has 1 aliphatic rings. The zero-order chi connectivity index (χ0) is 13.9. The van der Waals surface area contributed by atoms with Crippen LogP contribution in [0.15, 0.2) is 24.3 Å². The lowest BCUT2D eigenvalue weighted by atomic mass is 9.79. The molecule has 1 aromatic carbocycles. The number of nitrogens with one attached hydrogen (secondary N) is 2. The van der Waals surface area contributed by atoms with Gasteiger partial charge in [0.05, 0.1) is 11.0 Å². The molecule has 0 aliphatic heterocycles. The van der Waals surface area contributed by atoms with Crippen LogP contribution in [-0.4, -0.2) is 22.4 Å². The summed E-state index contributed by atoms with van der Waals surface area (Å²) in [5, 5.41) is 2.90. The number of hydrogen-bond acceptors (Lipinski definition) is 3. The van der Waals surface area contributed by atoms with E-state index in [0.29, 0.717) is 18.4 Å². The number of aromatic amines is 1. The van der Waals surface area contributed by atoms with Gasteiger partial charge in [0.1, 0.15) is 0 Å². The molecule has 0 saturated heterocycles. The molecule has 0 radical (unpaired) electrons. The van der Waals surface area contributed by atoms with Crippen LogP contribution in [0.1, 0.15) is 25.7 Å². The average Bonchev–Trinajstić information content (AvgIpc) is 2.89. The van der Waals surface area contributed by atoms with E-state index in [1.165, 1.54) is 6.42 Å². The highest BCUT2D eigenvalue weighted by molar-refractivity contribution is 5.92. The molecule has 1 fully saturated rings. The van der Waals surface area contributed by atoms with Gasteiger partial charge in [-0.1, -0.05) is 25.0 Å². The number of nitrogens with zero attached hydrogens (tertiary/aromatic N) is 1. The Morgan fingerprint density at radius 1 is 1.35 bits per heavy atom. The van der Waals surface area contributed by atoms with E-state index in [1.54, 1.807) is 0 Å². The van der Waals surface area contributed by atoms with Crippen molar-refractivity contribution in [3.63, 3.8) is 0 Å². The first-order valence-electron chi connectivity index (χ1n) is 7.23. The van der Waals surface area contributed by atoms with Crippen molar-refractivity contribution in [3.8, 4) is 0 Å². The monoisotopic (exact) mass is 272 g/mol. The molecule has 2 aromatic rings. The third kappa shape index (κ3) is 2.54. The maximum Gasteiger partial charge on any atom is 0.230 e. The van der Waals surface area contributed by atoms with Crippen LogP contribution >= 0.6 is 0 Å². The molecule has 5 heteroatoms. The van der Waals surface area contributed by atoms with Crippen LogP contribution in [0.3, 0.4) is 0 Å². The fourth-order valence-electron chi connectivity index (χ4n) is 3.06. The topological polar surface area (TPSA) is 83.8 Å². The van der Waals surface area contributed by atoms with Gasteiger partial charge in [0.15, 0.2) is 0 Å². The second-order valence-electron chi connectivity index (χ2n) is 5.48. The van der Waals surface area contributed by atoms with Gasteiger partial charge in [-0.2, -0.15) is 0 Å². The molecule has 0 bridgehead atoms. The van der Waals surface area contributed by atoms with Gasteiger partial charge in [-0.25, -0.2) is 4.98 Å². The van der Waals surface area contributed by atoms with Gasteiger partial charge in [-0.05, 0) is 37.4 Å². The molecule has 20 heavy (non-hydrogen) atoms. The molecule has 3 rings (SSSR count). The lowest BCUT2D eigenvalue weighted by Gasteiger charge is -2.29. The molecule has 1 amide bonds. The Balaban J connectivity index is 1.74. The number of fused-ring (bicyclic) bond motifs is 1. The molecule has 1 aliphatic carbocycles. The number of para-hydroxylation sites is 2. The zero-order valence-corrected chi connectivity index (χ0v) is 11.4. The van der Waals surface area contributed by atoms with Crippen LogP contribution in [0, 0.1) is 11.8 Å². The van der Waals surface area contributed by atoms with Crippen LogP contribution in [0.2, 0.25) is 0 Å². The van der Waals surface area contributed by atoms with E-state index < -0.39 is 0 Å². The molecule has 1 heterocycles. The second kappa shape index (κ2) is 5.63. The van der Waals surface area contributed by atoms with Crippen molar-refractivity contribution in [3.05, 3.63) is 24.3 Å². The first-order chi connectivity index (χ1) is 9.78. The summed E-state index contributed by atoms with van der Waals surface area (Å²) in [5.74, 6) is 0.881. The van der Waals surface area contributed by atoms with Crippen molar-refractivity contribution in [2.75, 3.05) is 11.9 Å². The highest BCUT2D eigenvalue weighted by Crippen LogP contribution is 2.30. The Morgan fingerprint density at radius 2 is 2.15 bits per heavy atom. The second-order valence-corrected chi connectivity index (χ2v) is 5.48. The minimum absolute atomic E-state index is 0.0157. The number of imidazole rings is 1. The minimum Gasteiger partial charge on any atom is -0.330 e. The van der Waals surface area contributed by atoms with Gasteiger partial charge in [0, 0.05) is 5.92 Å². The Kier molecular flexibility index (Phi) is 3.69. The number of aromatic nitrogens is 2. The van der Waals surface area contributed by atoms with Gasteiger partial charge >= 0.3 is 0 Å². The molecular formula is C15H20N4O. The number of hydrogen-bond donors (Lipinski definition) is 3. The highest BCUT2D eigenvalue weighted by Gasteiger charge is 2.30. The number of H-pyrrole nitrogens is 1. The number of carbonyl (C=O) groups is 1. The van der Waals surface area contributed by atoms with Gasteiger partial charge in [-0.15, -0.1) is 0 Å². The van der Waals surface area contributed by atoms with Crippen LogP contribution in [0.5, 0.6) is 0 Å². The summed E-state index contributed by atoms with van der Waals surface area (Å²) in [4.78, 5) is 19.9. The average molecular weight is 272 g/mol. The summed E-state index contributed by atoms with van der Waals surface area (Å²) >= 11 is 0. The number of anilines is 1. The van der Waals surface area contributed by atoms with E-state index >= 15 is 0 Å². The van der Waals surface area contributed by atoms with Gasteiger partial charge in [0.2, 0.25) is 11.9 Å². The fraction of sp³-hybridized carbons (Fsp3) is 0.467. The molecule has 1 saturated carbocycles. The van der Waals surface area contributed by atoms with Crippen molar-refractivity contribution < 1.29 is 4.79 Å². The van der Waals surface area contributed by atoms with Crippen molar-refractivity contribution in [1.29, 1.82) is 0 Å². The fourth-order valence-corrected chi connectivity index (χ4v) is 3.06. The van der Waals surface area contributed by atoms with Crippen molar-refractivity contribution in [1.82, 2.24) is 9.97 Å². The smallest absolute Gasteiger partial charge is 0.230 e. The summed E-state index contributed by atoms with van der Waals surface area (Å²) in [6.07, 6.45) is 4.26. The summed E-state index contributed by atoms with van der Waals surface area (Å²) in [5.41, 5.74) is 7.58. The lowest BCUT2D eigenvalue weighted by Crippen LogP contribution is -2.35. The lowest BCUT2D eigenvalue weighted by molar-refractivity contribution is -0.122. The third-order valence-electron chi connectivity index (χ3n) is 4.18. The molecule has 2 unspecified atom stereocenters. The first-order valence-corrected chi connectivity index (χ1v) is 7.23. The quantitative estimate of drug-likeness (QED) is 0.801. The maximum absolute atomic E-state index is 12.4. The normalized spacial score (nSPS) is 22.9. The van der Waals surface area contributed by atoms with Crippen LogP contribution in [-0.2, 0) is 4.79 Å². The van der Waals surface area contributed by atoms with Crippen molar-refractivity contribution in [2.24, 2.45) is 17.6 Å². The van der Waals surface area contributed by atoms with Gasteiger partial charge in [-0.3, -0.25) is 10.1 Å². The maximum atomic E-state index is 12.4. The first kappa shape index (κ1) is 13.1. The molecular weight excluding hydrogens is 252 g/mol. The minimum atomic E-state index is 0.0157. The van der Waals surface area contributed by atoms with E-state index in [0.717, 1.165) is 30.3 Å². The Labute approximate surface area is 118 Å². The number of carbonyl (C=O) groups excluding carboxylic acids is 1. The number of benzene rings is 1. The van der Waals surface area contributed by atoms with Crippen molar-refractivity contribution >= 4 is 22.9 Å². The number of amides is 1. The Bertz CT molecular complexity index is 574. The summed E-state index contributed by atoms with van der Waals surface area (Å²) in [6, 6.07) is 7.74. The number of nitrogens with two attached hydrogens (primary N) is 1. The standard InChI is InChI=1S/C15H20N4O/c16-9-10-5-1-2-6-11(10)14(20)19-15-17-12-7-3-4-8-13(12)18-15/h3-4,7-8,10-11H,1-2,5-6,9,16H2,(H2,17,18,19,20). The largest absolute Gasteiger partial charge is 0.330 e.